The van der Waals surface area contributed by atoms with Crippen molar-refractivity contribution in [2.24, 2.45) is 0 Å². The number of aliphatic hydroxyl groups is 1. The van der Waals surface area contributed by atoms with Crippen LogP contribution in [-0.4, -0.2) is 52.3 Å². The first-order chi connectivity index (χ1) is 7.55. The molecule has 4 nitrogen and oxygen atoms in total. The van der Waals surface area contributed by atoms with Gasteiger partial charge in [0.05, 0.1) is 29.0 Å². The first kappa shape index (κ1) is 16.8. The molecule has 0 aliphatic rings. The second-order valence-electron chi connectivity index (χ2n) is 6.85. The minimum absolute atomic E-state index is 0.199. The topological polar surface area (TPSA) is 58.6 Å². The maximum absolute atomic E-state index is 11.7. The van der Waals surface area contributed by atoms with E-state index >= 15 is 0 Å². The minimum Gasteiger partial charge on any atom is -0.468 e. The lowest BCUT2D eigenvalue weighted by Gasteiger charge is -2.23. The maximum atomic E-state index is 11.7. The summed E-state index contributed by atoms with van der Waals surface area (Å²) in [6.45, 7) is 12.9. The Balaban J connectivity index is 4.14. The predicted molar refractivity (Wildman–Crippen MR) is 76.5 cm³/mol. The summed E-state index contributed by atoms with van der Waals surface area (Å²) < 4.78 is 5.24. The Labute approximate surface area is 107 Å². The summed E-state index contributed by atoms with van der Waals surface area (Å²) in [5, 5.41) is 12.3. The number of esters is 1. The van der Waals surface area contributed by atoms with Crippen molar-refractivity contribution in [1.29, 1.82) is 0 Å². The lowest BCUT2D eigenvalue weighted by atomic mass is 10.3. The molecule has 0 unspecified atom stereocenters. The Kier molecular flexibility index (Phi) is 6.61. The molecule has 0 saturated carbocycles. The van der Waals surface area contributed by atoms with Gasteiger partial charge in [-0.1, -0.05) is 39.3 Å². The number of ether oxygens (including phenoxy) is 1. The minimum atomic E-state index is -1.38. The Bertz CT molecular complexity index is 246. The van der Waals surface area contributed by atoms with Crippen LogP contribution in [0.25, 0.3) is 0 Å². The number of hydrogen-bond donors (Lipinski definition) is 2. The average Bonchev–Trinajstić information content (AvgIpc) is 2.12. The normalized spacial score (nSPS) is 14.5. The van der Waals surface area contributed by atoms with Gasteiger partial charge < -0.3 is 15.2 Å². The molecule has 0 aromatic rings. The molecule has 0 saturated heterocycles. The zero-order valence-corrected chi connectivity index (χ0v) is 14.0. The van der Waals surface area contributed by atoms with Gasteiger partial charge in [-0.2, -0.15) is 0 Å². The van der Waals surface area contributed by atoms with Crippen molar-refractivity contribution in [2.75, 3.05) is 19.0 Å². The molecule has 0 bridgehead atoms. The molecule has 0 aliphatic carbocycles. The molecule has 0 aromatic heterocycles. The molecule has 0 fully saturated rings. The summed E-state index contributed by atoms with van der Waals surface area (Å²) in [6.07, 6.45) is 1.32. The van der Waals surface area contributed by atoms with Crippen LogP contribution in [0.5, 0.6) is 0 Å². The number of carbonyl (C=O) groups excluding carboxylic acids is 1. The van der Waals surface area contributed by atoms with E-state index in [1.54, 1.807) is 0 Å². The van der Waals surface area contributed by atoms with Gasteiger partial charge in [-0.25, -0.2) is 0 Å². The molecule has 0 radical (unpaired) electrons. The Hall–Kier alpha value is -0.176. The fourth-order valence-electron chi connectivity index (χ4n) is 1.04. The summed E-state index contributed by atoms with van der Waals surface area (Å²) in [5.41, 5.74) is 0. The van der Waals surface area contributed by atoms with Crippen LogP contribution in [0.1, 0.15) is 0 Å². The van der Waals surface area contributed by atoms with E-state index in [9.17, 15) is 9.90 Å². The quantitative estimate of drug-likeness (QED) is 0.543. The van der Waals surface area contributed by atoms with Gasteiger partial charge in [-0.3, -0.25) is 4.79 Å². The monoisotopic (exact) mass is 277 g/mol. The molecule has 0 spiro atoms. The fourth-order valence-corrected chi connectivity index (χ4v) is 2.47. The molecule has 0 heterocycles. The van der Waals surface area contributed by atoms with E-state index in [0.29, 0.717) is 6.23 Å². The van der Waals surface area contributed by atoms with Crippen LogP contribution in [0.4, 0.5) is 0 Å². The van der Waals surface area contributed by atoms with Gasteiger partial charge in [0.2, 0.25) is 0 Å². The number of carbonyl (C=O) groups is 1. The van der Waals surface area contributed by atoms with Crippen LogP contribution in [0.15, 0.2) is 0 Å². The largest absolute Gasteiger partial charge is 0.468 e. The second-order valence-corrected chi connectivity index (χ2v) is 17.7. The predicted octanol–water partition coefficient (Wildman–Crippen LogP) is 1.23. The van der Waals surface area contributed by atoms with E-state index in [2.05, 4.69) is 44.6 Å². The van der Waals surface area contributed by atoms with E-state index in [1.807, 2.05) is 0 Å². The number of nitrogens with one attached hydrogen (secondary N) is 1. The van der Waals surface area contributed by atoms with Gasteiger partial charge in [-0.15, -0.1) is 0 Å². The summed E-state index contributed by atoms with van der Waals surface area (Å²) >= 11 is 0. The number of aliphatic hydroxyl groups excluding tert-OH is 1. The standard InChI is InChI=1S/C11H27NO3Si2/c1-16(2,3)8-12-10(7-13)11(14)15-9-17(4,5)6/h10,12-13H,7-9H2,1-6H3/t10-/m1/s1. The maximum Gasteiger partial charge on any atom is 0.325 e. The molecule has 1 atom stereocenters. The summed E-state index contributed by atoms with van der Waals surface area (Å²) in [7, 11) is -2.65. The molecule has 102 valence electrons. The van der Waals surface area contributed by atoms with Gasteiger partial charge in [0.15, 0.2) is 0 Å². The van der Waals surface area contributed by atoms with Crippen LogP contribution in [0.3, 0.4) is 0 Å². The molecule has 17 heavy (non-hydrogen) atoms. The first-order valence-electron chi connectivity index (χ1n) is 6.06. The molecule has 0 aromatic carbocycles. The van der Waals surface area contributed by atoms with Crippen molar-refractivity contribution in [3.05, 3.63) is 0 Å². The Morgan fingerprint density at radius 2 is 1.71 bits per heavy atom. The zero-order valence-electron chi connectivity index (χ0n) is 12.0. The van der Waals surface area contributed by atoms with Crippen molar-refractivity contribution in [3.63, 3.8) is 0 Å². The molecular weight excluding hydrogens is 250 g/mol. The van der Waals surface area contributed by atoms with Crippen molar-refractivity contribution < 1.29 is 14.6 Å². The Morgan fingerprint density at radius 1 is 1.18 bits per heavy atom. The van der Waals surface area contributed by atoms with Crippen LogP contribution >= 0.6 is 0 Å². The van der Waals surface area contributed by atoms with Crippen LogP contribution in [0.2, 0.25) is 39.3 Å². The molecule has 0 amide bonds. The molecule has 0 aliphatic heterocycles. The van der Waals surface area contributed by atoms with Crippen molar-refractivity contribution in [3.8, 4) is 0 Å². The van der Waals surface area contributed by atoms with Gasteiger partial charge in [0.1, 0.15) is 6.04 Å². The lowest BCUT2D eigenvalue weighted by Crippen LogP contribution is -2.48. The first-order valence-corrected chi connectivity index (χ1v) is 13.5. The van der Waals surface area contributed by atoms with Crippen molar-refractivity contribution in [1.82, 2.24) is 5.32 Å². The van der Waals surface area contributed by atoms with Crippen molar-refractivity contribution in [2.45, 2.75) is 45.3 Å². The van der Waals surface area contributed by atoms with Crippen LogP contribution < -0.4 is 5.32 Å². The van der Waals surface area contributed by atoms with E-state index in [4.69, 9.17) is 4.74 Å². The number of hydrogen-bond acceptors (Lipinski definition) is 4. The highest BCUT2D eigenvalue weighted by atomic mass is 28.3. The van der Waals surface area contributed by atoms with E-state index in [-0.39, 0.29) is 12.6 Å². The van der Waals surface area contributed by atoms with Crippen LogP contribution in [-0.2, 0) is 9.53 Å². The van der Waals surface area contributed by atoms with Gasteiger partial charge >= 0.3 is 5.97 Å². The van der Waals surface area contributed by atoms with E-state index in [0.717, 1.165) is 6.17 Å². The summed E-state index contributed by atoms with van der Waals surface area (Å²) in [4.78, 5) is 11.7. The molecule has 0 rings (SSSR count). The van der Waals surface area contributed by atoms with E-state index < -0.39 is 22.2 Å². The molecule has 6 heteroatoms. The van der Waals surface area contributed by atoms with Gasteiger partial charge in [0, 0.05) is 0 Å². The zero-order chi connectivity index (χ0) is 13.7. The second kappa shape index (κ2) is 6.68. The highest BCUT2D eigenvalue weighted by molar-refractivity contribution is 6.76. The van der Waals surface area contributed by atoms with Gasteiger partial charge in [0.25, 0.3) is 0 Å². The molecular formula is C11H27NO3Si2. The third kappa shape index (κ3) is 9.52. The third-order valence-electron chi connectivity index (χ3n) is 1.99. The smallest absolute Gasteiger partial charge is 0.325 e. The highest BCUT2D eigenvalue weighted by Crippen LogP contribution is 2.03. The Morgan fingerprint density at radius 3 is 2.06 bits per heavy atom. The number of rotatable bonds is 7. The van der Waals surface area contributed by atoms with E-state index in [1.165, 1.54) is 0 Å². The SMILES string of the molecule is C[Si](C)(C)CN[C@H](CO)C(=O)OC[Si](C)(C)C. The van der Waals surface area contributed by atoms with Crippen molar-refractivity contribution >= 4 is 22.1 Å². The molecule has 2 N–H and O–H groups in total. The lowest BCUT2D eigenvalue weighted by molar-refractivity contribution is -0.145. The third-order valence-corrected chi connectivity index (χ3v) is 4.27. The summed E-state index contributed by atoms with van der Waals surface area (Å²) in [5.74, 6) is -0.326. The average molecular weight is 278 g/mol. The summed E-state index contributed by atoms with van der Waals surface area (Å²) in [6, 6.07) is -0.571. The fraction of sp³-hybridized carbons (Fsp3) is 0.909. The van der Waals surface area contributed by atoms with Gasteiger partial charge in [-0.05, 0) is 6.17 Å². The van der Waals surface area contributed by atoms with Crippen LogP contribution in [0, 0.1) is 0 Å². The highest BCUT2D eigenvalue weighted by Gasteiger charge is 2.24.